The number of methoxy groups -OCH3 is 1. The van der Waals surface area contributed by atoms with Crippen LogP contribution in [0.4, 0.5) is 4.79 Å². The van der Waals surface area contributed by atoms with Gasteiger partial charge in [-0.15, -0.1) is 0 Å². The van der Waals surface area contributed by atoms with Gasteiger partial charge < -0.3 is 29.8 Å². The average Bonchev–Trinajstić information content (AvgIpc) is 3.15. The fourth-order valence-electron chi connectivity index (χ4n) is 5.52. The van der Waals surface area contributed by atoms with E-state index in [1.165, 1.54) is 0 Å². The van der Waals surface area contributed by atoms with Crippen molar-refractivity contribution in [1.82, 2.24) is 15.1 Å². The highest BCUT2D eigenvalue weighted by molar-refractivity contribution is 6.25. The van der Waals surface area contributed by atoms with Crippen LogP contribution in [0.15, 0.2) is 45.4 Å². The van der Waals surface area contributed by atoms with Crippen LogP contribution in [-0.2, 0) is 25.6 Å². The number of fused-ring (bicyclic) bond motifs is 4. The van der Waals surface area contributed by atoms with E-state index in [4.69, 9.17) is 19.6 Å². The highest BCUT2D eigenvalue weighted by Gasteiger charge is 2.75. The number of nitrogens with one attached hydrogen (secondary N) is 1. The lowest BCUT2D eigenvalue weighted by molar-refractivity contribution is -0.144. The number of nitrogens with zero attached hydrogens (tertiary/aromatic N) is 2. The Morgan fingerprint density at radius 1 is 1.39 bits per heavy atom. The Hall–Kier alpha value is -3.11. The van der Waals surface area contributed by atoms with Gasteiger partial charge in [-0.1, -0.05) is 0 Å². The van der Waals surface area contributed by atoms with Crippen molar-refractivity contribution >= 4 is 17.7 Å². The van der Waals surface area contributed by atoms with Crippen LogP contribution in [0, 0.1) is 5.92 Å². The summed E-state index contributed by atoms with van der Waals surface area (Å²) < 4.78 is 16.5. The molecule has 10 nitrogen and oxygen atoms in total. The summed E-state index contributed by atoms with van der Waals surface area (Å²) in [6, 6.07) is 3.71. The summed E-state index contributed by atoms with van der Waals surface area (Å²) in [4.78, 5) is 42.5. The maximum absolute atomic E-state index is 13.6. The number of nitrogens with two attached hydrogens (primary N) is 1. The number of primary amides is 1. The van der Waals surface area contributed by atoms with Crippen molar-refractivity contribution in [3.63, 3.8) is 0 Å². The molecule has 1 aliphatic carbocycles. The number of Topliss-reactive ketones (excluding diaryl/α,β-unsaturated/α-hetero) is 2. The molecule has 31 heavy (non-hydrogen) atoms. The molecule has 2 saturated heterocycles. The summed E-state index contributed by atoms with van der Waals surface area (Å²) >= 11 is 0. The van der Waals surface area contributed by atoms with Gasteiger partial charge in [0.2, 0.25) is 11.6 Å². The molecule has 164 valence electrons. The van der Waals surface area contributed by atoms with Crippen molar-refractivity contribution in [1.29, 1.82) is 0 Å². The molecular weight excluding hydrogens is 404 g/mol. The minimum Gasteiger partial charge on any atom is -0.467 e. The van der Waals surface area contributed by atoms with E-state index < -0.39 is 17.7 Å². The summed E-state index contributed by atoms with van der Waals surface area (Å²) in [7, 11) is 3.53. The second-order valence-electron chi connectivity index (χ2n) is 8.28. The molecule has 10 heteroatoms. The van der Waals surface area contributed by atoms with Crippen molar-refractivity contribution < 1.29 is 28.3 Å². The maximum atomic E-state index is 13.6. The van der Waals surface area contributed by atoms with Crippen LogP contribution in [0.5, 0.6) is 0 Å². The van der Waals surface area contributed by atoms with Crippen LogP contribution >= 0.6 is 0 Å². The van der Waals surface area contributed by atoms with Gasteiger partial charge in [-0.3, -0.25) is 14.5 Å². The van der Waals surface area contributed by atoms with E-state index in [1.54, 1.807) is 32.4 Å². The van der Waals surface area contributed by atoms with E-state index in [0.717, 1.165) is 0 Å². The van der Waals surface area contributed by atoms with E-state index in [-0.39, 0.29) is 42.5 Å². The van der Waals surface area contributed by atoms with Gasteiger partial charge in [0.05, 0.1) is 36.2 Å². The van der Waals surface area contributed by atoms with E-state index in [2.05, 4.69) is 10.2 Å². The average molecular weight is 428 g/mol. The first-order valence-electron chi connectivity index (χ1n) is 10.1. The molecule has 1 aromatic rings. The quantitative estimate of drug-likeness (QED) is 0.479. The molecule has 1 amide bonds. The zero-order valence-corrected chi connectivity index (χ0v) is 17.5. The number of ketones is 2. The number of carbonyl (C=O) groups is 3. The minimum absolute atomic E-state index is 0.0231. The minimum atomic E-state index is -0.971. The molecule has 4 heterocycles. The van der Waals surface area contributed by atoms with Gasteiger partial charge >= 0.3 is 6.09 Å². The molecule has 2 fully saturated rings. The Labute approximate surface area is 178 Å². The van der Waals surface area contributed by atoms with E-state index in [0.29, 0.717) is 29.1 Å². The fourth-order valence-corrected chi connectivity index (χ4v) is 5.52. The second kappa shape index (κ2) is 6.69. The molecule has 0 aromatic carbocycles. The largest absolute Gasteiger partial charge is 0.467 e. The summed E-state index contributed by atoms with van der Waals surface area (Å²) in [5.74, 6) is -0.549. The van der Waals surface area contributed by atoms with E-state index >= 15 is 0 Å². The normalized spacial score (nSPS) is 33.5. The lowest BCUT2D eigenvalue weighted by Crippen LogP contribution is -2.55. The Morgan fingerprint density at radius 2 is 2.16 bits per heavy atom. The summed E-state index contributed by atoms with van der Waals surface area (Å²) in [5.41, 5.74) is 5.45. The summed E-state index contributed by atoms with van der Waals surface area (Å²) in [6.45, 7) is 2.30. The summed E-state index contributed by atoms with van der Waals surface area (Å²) in [6.07, 6.45) is 0.600. The number of carbonyl (C=O) groups excluding carboxylic acids is 3. The Balaban J connectivity index is 1.54. The molecule has 0 saturated carbocycles. The van der Waals surface area contributed by atoms with Crippen LogP contribution in [-0.4, -0.2) is 72.6 Å². The highest BCUT2D eigenvalue weighted by Crippen LogP contribution is 2.59. The predicted octanol–water partition coefficient (Wildman–Crippen LogP) is 0.115. The molecule has 2 unspecified atom stereocenters. The third-order valence-electron chi connectivity index (χ3n) is 6.97. The lowest BCUT2D eigenvalue weighted by Gasteiger charge is -2.40. The third kappa shape index (κ3) is 2.55. The standard InChI is InChI=1S/C21H24N4O6/c1-10-15(23-7-11-5-4-6-30-11)18(27)14-12(9-31-20(22)28)21(29-3)19-13(24(19)2)8-25(21)16(14)17(10)26/h4-6,12-13,19,23H,7-9H2,1-3H3,(H2,22,28)/t12-,13+,19+,21?,24?/m0/s1. The number of hydrogen-bond acceptors (Lipinski definition) is 9. The number of rotatable bonds is 6. The van der Waals surface area contributed by atoms with Crippen LogP contribution < -0.4 is 11.1 Å². The fraction of sp³-hybridized carbons (Fsp3) is 0.476. The van der Waals surface area contributed by atoms with E-state index in [9.17, 15) is 14.4 Å². The van der Waals surface area contributed by atoms with E-state index in [1.807, 2.05) is 11.9 Å². The topological polar surface area (TPSA) is 127 Å². The van der Waals surface area contributed by atoms with Crippen LogP contribution in [0.25, 0.3) is 0 Å². The van der Waals surface area contributed by atoms with Crippen molar-refractivity contribution in [2.45, 2.75) is 31.3 Å². The molecular formula is C21H24N4O6. The zero-order valence-electron chi connectivity index (χ0n) is 17.5. The third-order valence-corrected chi connectivity index (χ3v) is 6.97. The number of allylic oxidation sites excluding steroid dienone is 2. The van der Waals surface area contributed by atoms with Gasteiger partial charge in [-0.2, -0.15) is 0 Å². The zero-order chi connectivity index (χ0) is 22.1. The smallest absolute Gasteiger partial charge is 0.404 e. The molecule has 0 radical (unpaired) electrons. The Bertz CT molecular complexity index is 1040. The van der Waals surface area contributed by atoms with Gasteiger partial charge in [0, 0.05) is 30.8 Å². The van der Waals surface area contributed by atoms with Gasteiger partial charge in [0.15, 0.2) is 5.72 Å². The maximum Gasteiger partial charge on any atom is 0.404 e. The highest BCUT2D eigenvalue weighted by atomic mass is 16.6. The SMILES string of the molecule is COC12[C@@H](COC(N)=O)C3=C(C(=O)C(C)=C(NCc4ccco4)C3=O)N1C[C@@H]1[C@H]2N1C. The first-order chi connectivity index (χ1) is 14.8. The molecule has 0 spiro atoms. The number of likely N-dealkylation sites (N-methyl/N-ethyl adjacent to an activating group) is 1. The molecule has 5 atom stereocenters. The first-order valence-corrected chi connectivity index (χ1v) is 10.1. The molecule has 3 N–H and O–H groups in total. The van der Waals surface area contributed by atoms with Gasteiger partial charge in [0.25, 0.3) is 0 Å². The van der Waals surface area contributed by atoms with Crippen molar-refractivity contribution in [2.24, 2.45) is 11.7 Å². The number of hydrogen-bond donors (Lipinski definition) is 2. The van der Waals surface area contributed by atoms with Crippen molar-refractivity contribution in [3.8, 4) is 0 Å². The number of ether oxygens (including phenoxy) is 2. The molecule has 0 bridgehead atoms. The second-order valence-corrected chi connectivity index (χ2v) is 8.28. The van der Waals surface area contributed by atoms with Crippen LogP contribution in [0.1, 0.15) is 12.7 Å². The monoisotopic (exact) mass is 428 g/mol. The van der Waals surface area contributed by atoms with Gasteiger partial charge in [-0.25, -0.2) is 4.79 Å². The molecule has 5 rings (SSSR count). The number of furan rings is 1. The van der Waals surface area contributed by atoms with Gasteiger partial charge in [0.1, 0.15) is 12.4 Å². The Morgan fingerprint density at radius 3 is 2.81 bits per heavy atom. The lowest BCUT2D eigenvalue weighted by atomic mass is 9.82. The molecule has 1 aromatic heterocycles. The Kier molecular flexibility index (Phi) is 4.28. The first kappa shape index (κ1) is 19.8. The molecule has 3 aliphatic heterocycles. The predicted molar refractivity (Wildman–Crippen MR) is 106 cm³/mol. The van der Waals surface area contributed by atoms with Crippen molar-refractivity contribution in [3.05, 3.63) is 46.7 Å². The van der Waals surface area contributed by atoms with Crippen LogP contribution in [0.3, 0.4) is 0 Å². The summed E-state index contributed by atoms with van der Waals surface area (Å²) in [5, 5.41) is 3.06. The van der Waals surface area contributed by atoms with Gasteiger partial charge in [-0.05, 0) is 26.1 Å². The van der Waals surface area contributed by atoms with Crippen LogP contribution in [0.2, 0.25) is 0 Å². The molecule has 4 aliphatic rings. The number of amides is 1. The van der Waals surface area contributed by atoms with Crippen molar-refractivity contribution in [2.75, 3.05) is 27.3 Å². The number of piperazine rings is 1.